The zero-order valence-corrected chi connectivity index (χ0v) is 14.4. The lowest BCUT2D eigenvalue weighted by Gasteiger charge is -2.24. The third-order valence-electron chi connectivity index (χ3n) is 4.16. The second-order valence-electron chi connectivity index (χ2n) is 5.62. The number of esters is 1. The average Bonchev–Trinajstić information content (AvgIpc) is 2.66. The summed E-state index contributed by atoms with van der Waals surface area (Å²) < 4.78 is 21.6. The van der Waals surface area contributed by atoms with Gasteiger partial charge in [-0.3, -0.25) is 0 Å². The number of benzene rings is 2. The number of carbonyl (C=O) groups is 1. The van der Waals surface area contributed by atoms with Crippen LogP contribution in [0.4, 0.5) is 0 Å². The predicted octanol–water partition coefficient (Wildman–Crippen LogP) is 3.78. The molecule has 2 aromatic carbocycles. The summed E-state index contributed by atoms with van der Waals surface area (Å²) in [6.07, 6.45) is 1.78. The number of carbonyl (C=O) groups excluding carboxylic acids is 1. The minimum Gasteiger partial charge on any atom is -0.493 e. The van der Waals surface area contributed by atoms with Crippen molar-refractivity contribution in [3.8, 4) is 17.2 Å². The van der Waals surface area contributed by atoms with Crippen molar-refractivity contribution in [2.45, 2.75) is 12.5 Å². The summed E-state index contributed by atoms with van der Waals surface area (Å²) in [5, 5.41) is 0. The molecule has 130 valence electrons. The molecule has 0 spiro atoms. The first kappa shape index (κ1) is 16.9. The van der Waals surface area contributed by atoms with Gasteiger partial charge in [0.15, 0.2) is 11.5 Å². The van der Waals surface area contributed by atoms with Crippen LogP contribution >= 0.6 is 0 Å². The molecule has 2 aromatic rings. The lowest BCUT2D eigenvalue weighted by molar-refractivity contribution is -0.144. The molecule has 5 heteroatoms. The number of hydrogen-bond acceptors (Lipinski definition) is 5. The second-order valence-corrected chi connectivity index (χ2v) is 5.62. The Morgan fingerprint density at radius 3 is 2.16 bits per heavy atom. The van der Waals surface area contributed by atoms with Crippen LogP contribution in [0.5, 0.6) is 17.2 Å². The normalized spacial score (nSPS) is 16.7. The molecule has 1 aliphatic rings. The number of ether oxygens (including phenoxy) is 4. The summed E-state index contributed by atoms with van der Waals surface area (Å²) in [5.41, 5.74) is 2.67. The van der Waals surface area contributed by atoms with Crippen LogP contribution in [0.25, 0.3) is 5.57 Å². The highest BCUT2D eigenvalue weighted by atomic mass is 16.5. The minimum atomic E-state index is -0.358. The molecular weight excluding hydrogens is 320 g/mol. The fraction of sp³-hybridized carbons (Fsp3) is 0.250. The Kier molecular flexibility index (Phi) is 4.93. The third-order valence-corrected chi connectivity index (χ3v) is 4.16. The van der Waals surface area contributed by atoms with E-state index >= 15 is 0 Å². The molecule has 0 saturated carbocycles. The van der Waals surface area contributed by atoms with Crippen molar-refractivity contribution in [3.05, 3.63) is 59.7 Å². The topological polar surface area (TPSA) is 54.0 Å². The molecule has 0 amide bonds. The minimum absolute atomic E-state index is 0.312. The van der Waals surface area contributed by atoms with Gasteiger partial charge in [-0.05, 0) is 28.8 Å². The van der Waals surface area contributed by atoms with Gasteiger partial charge in [0, 0.05) is 12.5 Å². The summed E-state index contributed by atoms with van der Waals surface area (Å²) in [4.78, 5) is 12.1. The van der Waals surface area contributed by atoms with Gasteiger partial charge in [0.05, 0.1) is 21.3 Å². The van der Waals surface area contributed by atoms with Crippen LogP contribution < -0.4 is 14.2 Å². The van der Waals surface area contributed by atoms with Gasteiger partial charge < -0.3 is 18.9 Å². The molecule has 0 fully saturated rings. The molecule has 0 aromatic heterocycles. The van der Waals surface area contributed by atoms with E-state index in [-0.39, 0.29) is 12.1 Å². The molecule has 1 unspecified atom stereocenters. The first-order chi connectivity index (χ1) is 12.2. The maximum absolute atomic E-state index is 12.1. The molecule has 3 rings (SSSR count). The molecule has 25 heavy (non-hydrogen) atoms. The quantitative estimate of drug-likeness (QED) is 0.775. The molecular formula is C20H20O5. The molecule has 1 heterocycles. The highest BCUT2D eigenvalue weighted by molar-refractivity contribution is 5.93. The molecule has 0 N–H and O–H groups in total. The van der Waals surface area contributed by atoms with Crippen molar-refractivity contribution in [3.63, 3.8) is 0 Å². The number of methoxy groups -OCH3 is 3. The van der Waals surface area contributed by atoms with E-state index in [9.17, 15) is 4.79 Å². The number of rotatable bonds is 5. The smallest absolute Gasteiger partial charge is 0.331 e. The molecule has 5 nitrogen and oxygen atoms in total. The van der Waals surface area contributed by atoms with Crippen LogP contribution in [-0.4, -0.2) is 27.3 Å². The zero-order chi connectivity index (χ0) is 17.8. The van der Waals surface area contributed by atoms with Crippen molar-refractivity contribution >= 4 is 11.5 Å². The fourth-order valence-corrected chi connectivity index (χ4v) is 2.94. The summed E-state index contributed by atoms with van der Waals surface area (Å²) in [7, 11) is 4.69. The SMILES string of the molecule is COc1cc(C2=CC(=O)OC(c3ccccc3)C2)cc(OC)c1OC. The van der Waals surface area contributed by atoms with Crippen LogP contribution in [0.15, 0.2) is 48.5 Å². The Hall–Kier alpha value is -2.95. The Morgan fingerprint density at radius 2 is 1.60 bits per heavy atom. The number of hydrogen-bond donors (Lipinski definition) is 0. The van der Waals surface area contributed by atoms with E-state index in [0.717, 1.165) is 16.7 Å². The molecule has 1 atom stereocenters. The van der Waals surface area contributed by atoms with E-state index in [1.807, 2.05) is 42.5 Å². The van der Waals surface area contributed by atoms with Crippen molar-refractivity contribution < 1.29 is 23.7 Å². The third kappa shape index (κ3) is 3.45. The average molecular weight is 340 g/mol. The van der Waals surface area contributed by atoms with Gasteiger partial charge >= 0.3 is 5.97 Å². The van der Waals surface area contributed by atoms with Gasteiger partial charge in [-0.25, -0.2) is 4.79 Å². The van der Waals surface area contributed by atoms with E-state index < -0.39 is 0 Å². The monoisotopic (exact) mass is 340 g/mol. The van der Waals surface area contributed by atoms with Crippen LogP contribution in [0.2, 0.25) is 0 Å². The van der Waals surface area contributed by atoms with Crippen molar-refractivity contribution in [1.82, 2.24) is 0 Å². The molecule has 1 aliphatic heterocycles. The lowest BCUT2D eigenvalue weighted by atomic mass is 9.93. The summed E-state index contributed by atoms with van der Waals surface area (Å²) in [6.45, 7) is 0. The fourth-order valence-electron chi connectivity index (χ4n) is 2.94. The Balaban J connectivity index is 1.99. The summed E-state index contributed by atoms with van der Waals surface area (Å²) >= 11 is 0. The van der Waals surface area contributed by atoms with E-state index in [2.05, 4.69) is 0 Å². The molecule has 0 aliphatic carbocycles. The van der Waals surface area contributed by atoms with Crippen LogP contribution in [0.3, 0.4) is 0 Å². The second kappa shape index (κ2) is 7.30. The largest absolute Gasteiger partial charge is 0.493 e. The molecule has 0 saturated heterocycles. The van der Waals surface area contributed by atoms with Crippen molar-refractivity contribution in [1.29, 1.82) is 0 Å². The van der Waals surface area contributed by atoms with E-state index in [0.29, 0.717) is 23.7 Å². The van der Waals surface area contributed by atoms with Gasteiger partial charge in [-0.1, -0.05) is 30.3 Å². The lowest BCUT2D eigenvalue weighted by Crippen LogP contribution is -2.15. The van der Waals surface area contributed by atoms with E-state index in [1.165, 1.54) is 6.08 Å². The van der Waals surface area contributed by atoms with Gasteiger partial charge in [-0.15, -0.1) is 0 Å². The van der Waals surface area contributed by atoms with Crippen LogP contribution in [0, 0.1) is 0 Å². The summed E-state index contributed by atoms with van der Waals surface area (Å²) in [6, 6.07) is 13.4. The van der Waals surface area contributed by atoms with E-state index in [1.54, 1.807) is 21.3 Å². The Morgan fingerprint density at radius 1 is 0.960 bits per heavy atom. The van der Waals surface area contributed by atoms with Gasteiger partial charge in [0.25, 0.3) is 0 Å². The van der Waals surface area contributed by atoms with Gasteiger partial charge in [-0.2, -0.15) is 0 Å². The Labute approximate surface area is 146 Å². The van der Waals surface area contributed by atoms with Gasteiger partial charge in [0.2, 0.25) is 5.75 Å². The van der Waals surface area contributed by atoms with E-state index in [4.69, 9.17) is 18.9 Å². The van der Waals surface area contributed by atoms with Crippen molar-refractivity contribution in [2.24, 2.45) is 0 Å². The van der Waals surface area contributed by atoms with Crippen LogP contribution in [-0.2, 0) is 9.53 Å². The molecule has 0 radical (unpaired) electrons. The highest BCUT2D eigenvalue weighted by Gasteiger charge is 2.25. The maximum Gasteiger partial charge on any atom is 0.331 e. The van der Waals surface area contributed by atoms with Gasteiger partial charge in [0.1, 0.15) is 6.10 Å². The highest BCUT2D eigenvalue weighted by Crippen LogP contribution is 2.42. The zero-order valence-electron chi connectivity index (χ0n) is 14.4. The number of cyclic esters (lactones) is 1. The van der Waals surface area contributed by atoms with Crippen LogP contribution in [0.1, 0.15) is 23.7 Å². The first-order valence-corrected chi connectivity index (χ1v) is 7.92. The first-order valence-electron chi connectivity index (χ1n) is 7.92. The maximum atomic E-state index is 12.1. The Bertz CT molecular complexity index is 770. The predicted molar refractivity (Wildman–Crippen MR) is 94.0 cm³/mol. The molecule has 0 bridgehead atoms. The standard InChI is InChI=1S/C20H20O5/c1-22-17-10-14(11-18(23-2)20(17)24-3)15-9-16(25-19(21)12-15)13-7-5-4-6-8-13/h4-8,10-12,16H,9H2,1-3H3. The summed E-state index contributed by atoms with van der Waals surface area (Å²) in [5.74, 6) is 1.26. The van der Waals surface area contributed by atoms with Crippen molar-refractivity contribution in [2.75, 3.05) is 21.3 Å².